The summed E-state index contributed by atoms with van der Waals surface area (Å²) in [4.78, 5) is 81.1. The number of thiazole rings is 2. The van der Waals surface area contributed by atoms with Crippen molar-refractivity contribution in [3.05, 3.63) is 77.7 Å². The summed E-state index contributed by atoms with van der Waals surface area (Å²) in [6, 6.07) is 13.9. The fourth-order valence-electron chi connectivity index (χ4n) is 8.01. The number of nitrogens with zero attached hydrogens (tertiary/aromatic N) is 4. The highest BCUT2D eigenvalue weighted by atomic mass is 32.1. The topological polar surface area (TPSA) is 205 Å². The van der Waals surface area contributed by atoms with Gasteiger partial charge in [-0.3, -0.25) is 29.5 Å². The Hall–Kier alpha value is -5.78. The van der Waals surface area contributed by atoms with Gasteiger partial charge in [0, 0.05) is 44.1 Å². The summed E-state index contributed by atoms with van der Waals surface area (Å²) in [7, 11) is 0. The number of fused-ring (bicyclic) bond motifs is 1. The molecule has 1 aliphatic heterocycles. The summed E-state index contributed by atoms with van der Waals surface area (Å²) in [6.07, 6.45) is 9.88. The number of likely N-dealkylation sites (tertiary alicyclic amines) is 1. The minimum Gasteiger partial charge on any atom is -0.447 e. The molecule has 3 aromatic heterocycles. The van der Waals surface area contributed by atoms with Crippen molar-refractivity contribution in [1.29, 1.82) is 0 Å². The van der Waals surface area contributed by atoms with Crippen LogP contribution in [0.25, 0.3) is 31.8 Å². The highest BCUT2D eigenvalue weighted by Crippen LogP contribution is 2.32. The van der Waals surface area contributed by atoms with E-state index < -0.39 is 29.7 Å². The highest BCUT2D eigenvalue weighted by molar-refractivity contribution is 7.22. The van der Waals surface area contributed by atoms with Crippen LogP contribution in [-0.2, 0) is 30.5 Å². The monoisotopic (exact) mass is 952 g/mol. The number of aliphatic hydroxyl groups excluding tert-OH is 1. The zero-order valence-corrected chi connectivity index (χ0v) is 41.0. The second kappa shape index (κ2) is 23.8. The zero-order valence-electron chi connectivity index (χ0n) is 39.4. The fraction of sp³-hybridized carbons (Fsp3) is 0.480. The van der Waals surface area contributed by atoms with Gasteiger partial charge in [0.25, 0.3) is 0 Å². The van der Waals surface area contributed by atoms with Crippen LogP contribution in [0, 0.1) is 12.3 Å². The van der Waals surface area contributed by atoms with E-state index in [4.69, 9.17) is 4.74 Å². The molecule has 5 N–H and O–H groups in total. The van der Waals surface area contributed by atoms with Gasteiger partial charge in [-0.05, 0) is 73.9 Å². The van der Waals surface area contributed by atoms with Crippen LogP contribution in [0.15, 0.2) is 66.4 Å². The van der Waals surface area contributed by atoms with Gasteiger partial charge in [0.15, 0.2) is 5.13 Å². The van der Waals surface area contributed by atoms with Crippen LogP contribution in [0.5, 0.6) is 0 Å². The Bertz CT molecular complexity index is 2480. The van der Waals surface area contributed by atoms with E-state index in [2.05, 4.69) is 36.2 Å². The number of unbranched alkanes of at least 4 members (excludes halogenated alkanes) is 7. The minimum atomic E-state index is -0.860. The molecule has 17 heteroatoms. The maximum absolute atomic E-state index is 14.0. The van der Waals surface area contributed by atoms with E-state index in [1.807, 2.05) is 81.7 Å². The standard InChI is InChI=1S/C50H64N8O7S2/c1-31(2)65-49(64)54-37-23-36(27-51-28-37)35-21-22-39-41(24-35)67-48(55-39)57-43(61)16-14-12-10-8-7-9-11-13-15-42(60)56-45(50(4,5)6)47(63)58-29-38(59)25-40(58)46(62)52-26-33-17-19-34(20-18-33)44-32(3)53-30-66-44/h17-24,27-28,30-31,38,40,45,59H,7-16,25-26,29H2,1-6H3,(H,52,62)(H,54,64)(H,56,60)(H,55,57,61)/t38-,40+,45-/m1/s1. The number of carbonyl (C=O) groups excluding carboxylic acids is 5. The van der Waals surface area contributed by atoms with Gasteiger partial charge in [-0.25, -0.2) is 14.8 Å². The molecule has 5 aromatic rings. The second-order valence-corrected chi connectivity index (χ2v) is 20.4. The molecular formula is C50H64N8O7S2. The number of benzene rings is 2. The zero-order chi connectivity index (χ0) is 48.1. The quantitative estimate of drug-likeness (QED) is 0.0441. The van der Waals surface area contributed by atoms with E-state index in [-0.39, 0.29) is 49.2 Å². The first-order chi connectivity index (χ1) is 32.0. The smallest absolute Gasteiger partial charge is 0.411 e. The molecule has 3 atom stereocenters. The average molecular weight is 953 g/mol. The van der Waals surface area contributed by atoms with Gasteiger partial charge in [-0.2, -0.15) is 0 Å². The average Bonchev–Trinajstić information content (AvgIpc) is 4.01. The van der Waals surface area contributed by atoms with Crippen molar-refractivity contribution in [2.45, 2.75) is 143 Å². The molecule has 67 heavy (non-hydrogen) atoms. The molecule has 5 amide bonds. The molecular weight excluding hydrogens is 889 g/mol. The van der Waals surface area contributed by atoms with Crippen molar-refractivity contribution in [2.24, 2.45) is 5.41 Å². The molecule has 0 aliphatic carbocycles. The van der Waals surface area contributed by atoms with Crippen molar-refractivity contribution in [2.75, 3.05) is 17.2 Å². The molecule has 0 spiro atoms. The third-order valence-corrected chi connectivity index (χ3v) is 13.5. The molecule has 1 saturated heterocycles. The molecule has 2 aromatic carbocycles. The summed E-state index contributed by atoms with van der Waals surface area (Å²) in [6.45, 7) is 11.5. The number of aliphatic hydroxyl groups is 1. The van der Waals surface area contributed by atoms with Crippen LogP contribution >= 0.6 is 22.7 Å². The Kier molecular flexibility index (Phi) is 18.0. The molecule has 1 fully saturated rings. The summed E-state index contributed by atoms with van der Waals surface area (Å²) < 4.78 is 6.08. The van der Waals surface area contributed by atoms with Crippen LogP contribution in [0.2, 0.25) is 0 Å². The summed E-state index contributed by atoms with van der Waals surface area (Å²) in [5, 5.41) is 22.7. The lowest BCUT2D eigenvalue weighted by molar-refractivity contribution is -0.144. The lowest BCUT2D eigenvalue weighted by Crippen LogP contribution is -2.57. The lowest BCUT2D eigenvalue weighted by Gasteiger charge is -2.35. The number of amides is 5. The van der Waals surface area contributed by atoms with Crippen LogP contribution in [0.1, 0.15) is 117 Å². The van der Waals surface area contributed by atoms with E-state index >= 15 is 0 Å². The van der Waals surface area contributed by atoms with Crippen molar-refractivity contribution < 1.29 is 33.8 Å². The number of carbonyl (C=O) groups is 5. The number of aromatic nitrogens is 3. The van der Waals surface area contributed by atoms with Crippen molar-refractivity contribution in [3.8, 4) is 21.6 Å². The first-order valence-corrected chi connectivity index (χ1v) is 24.9. The third-order valence-electron chi connectivity index (χ3n) is 11.6. The number of β-amino-alcohol motifs (C(OH)–C–C–N with tert-alkyl or cyclic N) is 1. The predicted molar refractivity (Wildman–Crippen MR) is 265 cm³/mol. The van der Waals surface area contributed by atoms with Gasteiger partial charge >= 0.3 is 6.09 Å². The number of pyridine rings is 1. The number of nitrogens with one attached hydrogen (secondary N) is 4. The Labute approximate surface area is 400 Å². The maximum atomic E-state index is 14.0. The third kappa shape index (κ3) is 14.9. The molecule has 0 bridgehead atoms. The molecule has 0 radical (unpaired) electrons. The SMILES string of the molecule is Cc1ncsc1-c1ccc(CNC(=O)[C@@H]2C[C@@H](O)CN2C(=O)[C@@H](NC(=O)CCCCCCCCCCC(=O)Nc2nc3ccc(-c4cncc(NC(=O)OC(C)C)c4)cc3s2)C(C)(C)C)cc1. The summed E-state index contributed by atoms with van der Waals surface area (Å²) in [5.41, 5.74) is 7.17. The number of hydrogen-bond acceptors (Lipinski definition) is 12. The molecule has 1 aliphatic rings. The van der Waals surface area contributed by atoms with E-state index in [0.29, 0.717) is 30.1 Å². The highest BCUT2D eigenvalue weighted by Gasteiger charge is 2.44. The summed E-state index contributed by atoms with van der Waals surface area (Å²) in [5.74, 6) is -0.984. The van der Waals surface area contributed by atoms with Gasteiger partial charge in [0.2, 0.25) is 23.6 Å². The van der Waals surface area contributed by atoms with Crippen LogP contribution in [0.4, 0.5) is 15.6 Å². The van der Waals surface area contributed by atoms with E-state index in [9.17, 15) is 29.1 Å². The molecule has 0 saturated carbocycles. The van der Waals surface area contributed by atoms with Gasteiger partial charge in [-0.15, -0.1) is 11.3 Å². The first kappa shape index (κ1) is 50.6. The normalized spacial score (nSPS) is 15.4. The van der Waals surface area contributed by atoms with Crippen LogP contribution in [0.3, 0.4) is 0 Å². The molecule has 358 valence electrons. The number of anilines is 2. The number of ether oxygens (including phenoxy) is 1. The Morgan fingerprint density at radius 2 is 1.52 bits per heavy atom. The van der Waals surface area contributed by atoms with Gasteiger partial charge < -0.3 is 30.7 Å². The Balaban J connectivity index is 0.850. The lowest BCUT2D eigenvalue weighted by atomic mass is 9.85. The van der Waals surface area contributed by atoms with E-state index in [0.717, 1.165) is 88.0 Å². The van der Waals surface area contributed by atoms with E-state index in [1.54, 1.807) is 37.6 Å². The molecule has 15 nitrogen and oxygen atoms in total. The van der Waals surface area contributed by atoms with Crippen molar-refractivity contribution in [3.63, 3.8) is 0 Å². The number of hydrogen-bond donors (Lipinski definition) is 5. The predicted octanol–water partition coefficient (Wildman–Crippen LogP) is 9.40. The molecule has 6 rings (SSSR count). The number of rotatable bonds is 21. The largest absolute Gasteiger partial charge is 0.447 e. The van der Waals surface area contributed by atoms with Crippen molar-refractivity contribution >= 4 is 73.4 Å². The fourth-order valence-corrected chi connectivity index (χ4v) is 9.75. The first-order valence-electron chi connectivity index (χ1n) is 23.2. The van der Waals surface area contributed by atoms with Crippen molar-refractivity contribution in [1.82, 2.24) is 30.5 Å². The van der Waals surface area contributed by atoms with Crippen LogP contribution < -0.4 is 21.3 Å². The minimum absolute atomic E-state index is 0.0255. The van der Waals surface area contributed by atoms with E-state index in [1.165, 1.54) is 16.2 Å². The number of aryl methyl sites for hydroxylation is 1. The second-order valence-electron chi connectivity index (χ2n) is 18.6. The summed E-state index contributed by atoms with van der Waals surface area (Å²) >= 11 is 2.99. The maximum Gasteiger partial charge on any atom is 0.411 e. The Morgan fingerprint density at radius 1 is 0.851 bits per heavy atom. The Morgan fingerprint density at radius 3 is 2.18 bits per heavy atom. The van der Waals surface area contributed by atoms with Gasteiger partial charge in [-0.1, -0.05) is 101 Å². The molecule has 0 unspecified atom stereocenters. The van der Waals surface area contributed by atoms with Gasteiger partial charge in [0.1, 0.15) is 12.1 Å². The van der Waals surface area contributed by atoms with Crippen LogP contribution in [-0.4, -0.2) is 85.5 Å². The van der Waals surface area contributed by atoms with Gasteiger partial charge in [0.05, 0.1) is 50.4 Å². The molecule has 4 heterocycles.